The number of phenolic OH excluding ortho intramolecular Hbond substituents is 1. The molecule has 0 spiro atoms. The first-order valence-corrected chi connectivity index (χ1v) is 7.50. The van der Waals surface area contributed by atoms with Crippen molar-refractivity contribution in [1.29, 1.82) is 0 Å². The van der Waals surface area contributed by atoms with Gasteiger partial charge in [0.05, 0.1) is 17.7 Å². The monoisotopic (exact) mass is 281 g/mol. The zero-order valence-electron chi connectivity index (χ0n) is 11.0. The second kappa shape index (κ2) is 5.70. The third-order valence-electron chi connectivity index (χ3n) is 4.12. The highest BCUT2D eigenvalue weighted by Crippen LogP contribution is 2.40. The van der Waals surface area contributed by atoms with Gasteiger partial charge in [-0.25, -0.2) is 0 Å². The van der Waals surface area contributed by atoms with Crippen LogP contribution in [0.2, 0.25) is 5.02 Å². The SMILES string of the molecule is Oc1c(Cl)cc2c(c1C1CNCCO1)CCCCC2. The largest absolute Gasteiger partial charge is 0.506 e. The maximum absolute atomic E-state index is 10.4. The van der Waals surface area contributed by atoms with Gasteiger partial charge >= 0.3 is 0 Å². The summed E-state index contributed by atoms with van der Waals surface area (Å²) in [6, 6.07) is 1.94. The Kier molecular flexibility index (Phi) is 3.96. The molecule has 1 atom stereocenters. The first kappa shape index (κ1) is 13.2. The molecular weight excluding hydrogens is 262 g/mol. The van der Waals surface area contributed by atoms with Gasteiger partial charge in [-0.15, -0.1) is 0 Å². The molecule has 1 heterocycles. The summed E-state index contributed by atoms with van der Waals surface area (Å²) in [5, 5.41) is 14.1. The molecule has 1 fully saturated rings. The Hall–Kier alpha value is -0.770. The van der Waals surface area contributed by atoms with E-state index >= 15 is 0 Å². The number of morpholine rings is 1. The fourth-order valence-electron chi connectivity index (χ4n) is 3.16. The van der Waals surface area contributed by atoms with Crippen molar-refractivity contribution in [3.63, 3.8) is 0 Å². The van der Waals surface area contributed by atoms with Gasteiger partial charge in [-0.05, 0) is 42.9 Å². The highest BCUT2D eigenvalue weighted by Gasteiger charge is 2.26. The second-order valence-corrected chi connectivity index (χ2v) is 5.79. The molecule has 1 aliphatic carbocycles. The first-order chi connectivity index (χ1) is 9.27. The van der Waals surface area contributed by atoms with Crippen LogP contribution >= 0.6 is 11.6 Å². The molecule has 0 radical (unpaired) electrons. The summed E-state index contributed by atoms with van der Waals surface area (Å²) in [4.78, 5) is 0. The van der Waals surface area contributed by atoms with Crippen LogP contribution in [-0.4, -0.2) is 24.8 Å². The number of aryl methyl sites for hydroxylation is 1. The number of halogens is 1. The third-order valence-corrected chi connectivity index (χ3v) is 4.41. The predicted molar refractivity (Wildman–Crippen MR) is 75.9 cm³/mol. The van der Waals surface area contributed by atoms with Gasteiger partial charge in [-0.2, -0.15) is 0 Å². The summed E-state index contributed by atoms with van der Waals surface area (Å²) in [5.41, 5.74) is 3.49. The molecule has 4 heteroatoms. The van der Waals surface area contributed by atoms with E-state index in [0.717, 1.165) is 31.5 Å². The maximum Gasteiger partial charge on any atom is 0.140 e. The van der Waals surface area contributed by atoms with Gasteiger partial charge in [0.25, 0.3) is 0 Å². The lowest BCUT2D eigenvalue weighted by Gasteiger charge is -2.28. The number of benzene rings is 1. The van der Waals surface area contributed by atoms with E-state index in [2.05, 4.69) is 5.32 Å². The molecule has 1 aromatic carbocycles. The molecule has 0 saturated carbocycles. The number of ether oxygens (including phenoxy) is 1. The topological polar surface area (TPSA) is 41.5 Å². The van der Waals surface area contributed by atoms with Crippen molar-refractivity contribution in [2.75, 3.05) is 19.7 Å². The van der Waals surface area contributed by atoms with Gasteiger partial charge in [0.15, 0.2) is 0 Å². The van der Waals surface area contributed by atoms with Gasteiger partial charge in [0.2, 0.25) is 0 Å². The molecule has 1 saturated heterocycles. The van der Waals surface area contributed by atoms with E-state index in [9.17, 15) is 5.11 Å². The number of fused-ring (bicyclic) bond motifs is 1. The Bertz CT molecular complexity index is 470. The number of aromatic hydroxyl groups is 1. The van der Waals surface area contributed by atoms with Crippen LogP contribution in [0, 0.1) is 0 Å². The van der Waals surface area contributed by atoms with Crippen molar-refractivity contribution >= 4 is 11.6 Å². The van der Waals surface area contributed by atoms with E-state index in [0.29, 0.717) is 11.6 Å². The zero-order valence-corrected chi connectivity index (χ0v) is 11.8. The van der Waals surface area contributed by atoms with E-state index in [1.54, 1.807) is 0 Å². The summed E-state index contributed by atoms with van der Waals surface area (Å²) >= 11 is 6.20. The average molecular weight is 282 g/mol. The Morgan fingerprint density at radius 1 is 1.26 bits per heavy atom. The molecule has 1 unspecified atom stereocenters. The number of rotatable bonds is 1. The smallest absolute Gasteiger partial charge is 0.140 e. The van der Waals surface area contributed by atoms with E-state index in [1.807, 2.05) is 6.07 Å². The highest BCUT2D eigenvalue weighted by atomic mass is 35.5. The molecule has 19 heavy (non-hydrogen) atoms. The minimum atomic E-state index is -0.0701. The van der Waals surface area contributed by atoms with E-state index < -0.39 is 0 Å². The summed E-state index contributed by atoms with van der Waals surface area (Å²) < 4.78 is 5.83. The summed E-state index contributed by atoms with van der Waals surface area (Å²) in [7, 11) is 0. The van der Waals surface area contributed by atoms with Crippen LogP contribution in [0.15, 0.2) is 6.07 Å². The van der Waals surface area contributed by atoms with Crippen LogP contribution in [0.5, 0.6) is 5.75 Å². The highest BCUT2D eigenvalue weighted by molar-refractivity contribution is 6.32. The molecule has 2 N–H and O–H groups in total. The van der Waals surface area contributed by atoms with Gasteiger partial charge in [0, 0.05) is 18.7 Å². The standard InChI is InChI=1S/C15H20ClNO2/c16-12-8-10-4-2-1-3-5-11(10)14(15(12)18)13-9-17-6-7-19-13/h8,13,17-18H,1-7,9H2. The van der Waals surface area contributed by atoms with Gasteiger partial charge in [-0.3, -0.25) is 0 Å². The zero-order chi connectivity index (χ0) is 13.2. The summed E-state index contributed by atoms with van der Waals surface area (Å²) in [6.07, 6.45) is 5.64. The Morgan fingerprint density at radius 3 is 2.89 bits per heavy atom. The first-order valence-electron chi connectivity index (χ1n) is 7.13. The molecule has 0 aromatic heterocycles. The minimum Gasteiger partial charge on any atom is -0.506 e. The Morgan fingerprint density at radius 2 is 2.11 bits per heavy atom. The molecule has 0 bridgehead atoms. The Balaban J connectivity index is 2.07. The molecule has 104 valence electrons. The van der Waals surface area contributed by atoms with Crippen molar-refractivity contribution < 1.29 is 9.84 Å². The maximum atomic E-state index is 10.4. The number of nitrogens with one attached hydrogen (secondary N) is 1. The minimum absolute atomic E-state index is 0.0701. The Labute approximate surface area is 118 Å². The van der Waals surface area contributed by atoms with Crippen LogP contribution in [0.1, 0.15) is 42.1 Å². The molecule has 0 amide bonds. The quantitative estimate of drug-likeness (QED) is 0.778. The van der Waals surface area contributed by atoms with Crippen molar-refractivity contribution in [2.24, 2.45) is 0 Å². The number of hydrogen-bond acceptors (Lipinski definition) is 3. The molecule has 2 aliphatic rings. The van der Waals surface area contributed by atoms with Crippen LogP contribution in [-0.2, 0) is 17.6 Å². The molecular formula is C15H20ClNO2. The predicted octanol–water partition coefficient (Wildman–Crippen LogP) is 2.98. The van der Waals surface area contributed by atoms with Crippen molar-refractivity contribution in [3.8, 4) is 5.75 Å². The van der Waals surface area contributed by atoms with Gasteiger partial charge < -0.3 is 15.2 Å². The summed E-state index contributed by atoms with van der Waals surface area (Å²) in [6.45, 7) is 2.31. The van der Waals surface area contributed by atoms with Crippen molar-refractivity contribution in [2.45, 2.75) is 38.2 Å². The lowest BCUT2D eigenvalue weighted by atomic mass is 9.92. The van der Waals surface area contributed by atoms with Gasteiger partial charge in [-0.1, -0.05) is 18.0 Å². The fourth-order valence-corrected chi connectivity index (χ4v) is 3.40. The molecule has 1 aliphatic heterocycles. The second-order valence-electron chi connectivity index (χ2n) is 5.38. The number of hydrogen-bond donors (Lipinski definition) is 2. The van der Waals surface area contributed by atoms with Crippen LogP contribution in [0.3, 0.4) is 0 Å². The molecule has 3 rings (SSSR count). The van der Waals surface area contributed by atoms with E-state index in [1.165, 1.54) is 30.4 Å². The average Bonchev–Trinajstić information content (AvgIpc) is 2.66. The van der Waals surface area contributed by atoms with Crippen molar-refractivity contribution in [1.82, 2.24) is 5.32 Å². The lowest BCUT2D eigenvalue weighted by Crippen LogP contribution is -2.34. The number of phenols is 1. The van der Waals surface area contributed by atoms with Crippen molar-refractivity contribution in [3.05, 3.63) is 27.8 Å². The van der Waals surface area contributed by atoms with Crippen LogP contribution in [0.4, 0.5) is 0 Å². The third kappa shape index (κ3) is 2.60. The van der Waals surface area contributed by atoms with E-state index in [4.69, 9.17) is 16.3 Å². The van der Waals surface area contributed by atoms with Crippen LogP contribution < -0.4 is 5.32 Å². The van der Waals surface area contributed by atoms with E-state index in [-0.39, 0.29) is 11.9 Å². The molecule has 1 aromatic rings. The lowest BCUT2D eigenvalue weighted by molar-refractivity contribution is 0.0257. The fraction of sp³-hybridized carbons (Fsp3) is 0.600. The van der Waals surface area contributed by atoms with Crippen LogP contribution in [0.25, 0.3) is 0 Å². The summed E-state index contributed by atoms with van der Waals surface area (Å²) in [5.74, 6) is 0.219. The normalized spacial score (nSPS) is 23.7. The molecule has 3 nitrogen and oxygen atoms in total. The van der Waals surface area contributed by atoms with Gasteiger partial charge in [0.1, 0.15) is 5.75 Å².